The Bertz CT molecular complexity index is 956. The van der Waals surface area contributed by atoms with Crippen molar-refractivity contribution in [3.05, 3.63) is 59.0 Å². The molecular weight excluding hydrogens is 352 g/mol. The van der Waals surface area contributed by atoms with Crippen molar-refractivity contribution < 1.29 is 9.53 Å². The maximum absolute atomic E-state index is 12.8. The topological polar surface area (TPSA) is 59.7 Å². The van der Waals surface area contributed by atoms with Crippen molar-refractivity contribution in [3.8, 4) is 5.75 Å². The Morgan fingerprint density at radius 3 is 3.04 bits per heavy atom. The number of amides is 1. The number of hydrogen-bond donors (Lipinski definition) is 0. The molecule has 7 heteroatoms. The SMILES string of the molecule is Cc1cc(Cl)ccc1OCC(=O)N1CCC[C@H]1c1nnc2ccccn12. The molecule has 0 saturated carbocycles. The molecule has 0 bridgehead atoms. The second-order valence-corrected chi connectivity index (χ2v) is 6.87. The van der Waals surface area contributed by atoms with E-state index in [-0.39, 0.29) is 18.6 Å². The molecule has 0 spiro atoms. The summed E-state index contributed by atoms with van der Waals surface area (Å²) >= 11 is 5.96. The number of likely N-dealkylation sites (tertiary alicyclic amines) is 1. The highest BCUT2D eigenvalue weighted by atomic mass is 35.5. The van der Waals surface area contributed by atoms with E-state index in [1.165, 1.54) is 0 Å². The maximum Gasteiger partial charge on any atom is 0.261 e. The molecular formula is C19H19ClN4O2. The molecule has 26 heavy (non-hydrogen) atoms. The van der Waals surface area contributed by atoms with Gasteiger partial charge in [0.2, 0.25) is 0 Å². The van der Waals surface area contributed by atoms with E-state index < -0.39 is 0 Å². The first kappa shape index (κ1) is 16.8. The number of aromatic nitrogens is 3. The number of ether oxygens (including phenoxy) is 1. The number of fused-ring (bicyclic) bond motifs is 1. The van der Waals surface area contributed by atoms with E-state index in [1.54, 1.807) is 12.1 Å². The zero-order chi connectivity index (χ0) is 18.1. The average Bonchev–Trinajstić information content (AvgIpc) is 3.27. The Hall–Kier alpha value is -2.60. The van der Waals surface area contributed by atoms with Gasteiger partial charge in [0.15, 0.2) is 18.1 Å². The van der Waals surface area contributed by atoms with Crippen LogP contribution in [0.3, 0.4) is 0 Å². The van der Waals surface area contributed by atoms with Crippen LogP contribution in [0.2, 0.25) is 5.02 Å². The van der Waals surface area contributed by atoms with E-state index in [2.05, 4.69) is 10.2 Å². The number of carbonyl (C=O) groups excluding carboxylic acids is 1. The van der Waals surface area contributed by atoms with Gasteiger partial charge in [0.1, 0.15) is 5.75 Å². The number of benzene rings is 1. The van der Waals surface area contributed by atoms with Gasteiger partial charge in [-0.2, -0.15) is 0 Å². The fourth-order valence-corrected chi connectivity index (χ4v) is 3.64. The molecule has 134 valence electrons. The fourth-order valence-electron chi connectivity index (χ4n) is 3.42. The van der Waals surface area contributed by atoms with Crippen LogP contribution in [0.15, 0.2) is 42.6 Å². The first-order valence-corrected chi connectivity index (χ1v) is 8.99. The molecule has 4 rings (SSSR count). The zero-order valence-corrected chi connectivity index (χ0v) is 15.2. The molecule has 1 fully saturated rings. The average molecular weight is 371 g/mol. The predicted octanol–water partition coefficient (Wildman–Crippen LogP) is 3.43. The van der Waals surface area contributed by atoms with Crippen molar-refractivity contribution in [2.75, 3.05) is 13.2 Å². The lowest BCUT2D eigenvalue weighted by Crippen LogP contribution is -2.35. The Morgan fingerprint density at radius 2 is 2.19 bits per heavy atom. The van der Waals surface area contributed by atoms with E-state index >= 15 is 0 Å². The van der Waals surface area contributed by atoms with Crippen LogP contribution >= 0.6 is 11.6 Å². The normalized spacial score (nSPS) is 17.0. The summed E-state index contributed by atoms with van der Waals surface area (Å²) in [5.41, 5.74) is 1.70. The molecule has 1 aliphatic rings. The van der Waals surface area contributed by atoms with Crippen molar-refractivity contribution in [2.24, 2.45) is 0 Å². The molecule has 1 aromatic carbocycles. The van der Waals surface area contributed by atoms with Crippen LogP contribution in [0.5, 0.6) is 5.75 Å². The quantitative estimate of drug-likeness (QED) is 0.706. The highest BCUT2D eigenvalue weighted by molar-refractivity contribution is 6.30. The van der Waals surface area contributed by atoms with Crippen LogP contribution in [0.1, 0.15) is 30.3 Å². The number of nitrogens with zero attached hydrogens (tertiary/aromatic N) is 4. The van der Waals surface area contributed by atoms with E-state index in [0.29, 0.717) is 17.3 Å². The van der Waals surface area contributed by atoms with Gasteiger partial charge in [-0.3, -0.25) is 9.20 Å². The number of aryl methyl sites for hydroxylation is 1. The zero-order valence-electron chi connectivity index (χ0n) is 14.4. The lowest BCUT2D eigenvalue weighted by molar-refractivity contribution is -0.134. The second-order valence-electron chi connectivity index (χ2n) is 6.43. The Balaban J connectivity index is 1.50. The van der Waals surface area contributed by atoms with Crippen LogP contribution in [-0.2, 0) is 4.79 Å². The molecule has 6 nitrogen and oxygen atoms in total. The summed E-state index contributed by atoms with van der Waals surface area (Å²) in [6, 6.07) is 11.1. The molecule has 2 aromatic heterocycles. The van der Waals surface area contributed by atoms with Gasteiger partial charge in [-0.25, -0.2) is 0 Å². The molecule has 3 heterocycles. The van der Waals surface area contributed by atoms with Crippen LogP contribution in [0.25, 0.3) is 5.65 Å². The van der Waals surface area contributed by atoms with Crippen molar-refractivity contribution in [1.29, 1.82) is 0 Å². The molecule has 1 atom stereocenters. The Labute approximate surface area is 156 Å². The summed E-state index contributed by atoms with van der Waals surface area (Å²) in [5.74, 6) is 1.43. The minimum atomic E-state index is -0.0742. The summed E-state index contributed by atoms with van der Waals surface area (Å²) in [4.78, 5) is 14.6. The number of carbonyl (C=O) groups is 1. The summed E-state index contributed by atoms with van der Waals surface area (Å²) in [7, 11) is 0. The van der Waals surface area contributed by atoms with E-state index in [4.69, 9.17) is 16.3 Å². The largest absolute Gasteiger partial charge is 0.483 e. The lowest BCUT2D eigenvalue weighted by Gasteiger charge is -2.23. The molecule has 1 amide bonds. The third-order valence-electron chi connectivity index (χ3n) is 4.70. The highest BCUT2D eigenvalue weighted by Crippen LogP contribution is 2.31. The highest BCUT2D eigenvalue weighted by Gasteiger charge is 2.33. The number of pyridine rings is 1. The van der Waals surface area contributed by atoms with Gasteiger partial charge in [0.25, 0.3) is 5.91 Å². The van der Waals surface area contributed by atoms with Crippen LogP contribution in [0, 0.1) is 6.92 Å². The molecule has 1 saturated heterocycles. The number of rotatable bonds is 4. The maximum atomic E-state index is 12.8. The molecule has 0 aliphatic carbocycles. The van der Waals surface area contributed by atoms with Gasteiger partial charge in [-0.15, -0.1) is 10.2 Å². The Morgan fingerprint density at radius 1 is 1.31 bits per heavy atom. The molecule has 1 aliphatic heterocycles. The summed E-state index contributed by atoms with van der Waals surface area (Å²) in [5, 5.41) is 9.17. The fraction of sp³-hybridized carbons (Fsp3) is 0.316. The molecule has 3 aromatic rings. The minimum Gasteiger partial charge on any atom is -0.483 e. The summed E-state index contributed by atoms with van der Waals surface area (Å²) in [6.45, 7) is 2.61. The smallest absolute Gasteiger partial charge is 0.261 e. The molecule has 0 N–H and O–H groups in total. The van der Waals surface area contributed by atoms with Crippen molar-refractivity contribution >= 4 is 23.2 Å². The van der Waals surface area contributed by atoms with Gasteiger partial charge in [-0.1, -0.05) is 17.7 Å². The van der Waals surface area contributed by atoms with E-state index in [9.17, 15) is 4.79 Å². The predicted molar refractivity (Wildman–Crippen MR) is 98.4 cm³/mol. The van der Waals surface area contributed by atoms with Gasteiger partial charge in [0.05, 0.1) is 6.04 Å². The Kier molecular flexibility index (Phi) is 4.51. The van der Waals surface area contributed by atoms with Crippen LogP contribution in [0.4, 0.5) is 0 Å². The standard InChI is InChI=1S/C19H19ClN4O2/c1-13-11-14(20)7-8-16(13)26-12-18(25)23-10-4-5-15(23)19-22-21-17-6-2-3-9-24(17)19/h2-3,6-9,11,15H,4-5,10,12H2,1H3/t15-/m0/s1. The van der Waals surface area contributed by atoms with Crippen molar-refractivity contribution in [3.63, 3.8) is 0 Å². The lowest BCUT2D eigenvalue weighted by atomic mass is 10.2. The van der Waals surface area contributed by atoms with Gasteiger partial charge in [0, 0.05) is 17.8 Å². The number of hydrogen-bond acceptors (Lipinski definition) is 4. The molecule has 0 unspecified atom stereocenters. The first-order chi connectivity index (χ1) is 12.6. The first-order valence-electron chi connectivity index (χ1n) is 8.61. The summed E-state index contributed by atoms with van der Waals surface area (Å²) < 4.78 is 7.67. The minimum absolute atomic E-state index is 0.00426. The third kappa shape index (κ3) is 3.12. The molecule has 0 radical (unpaired) electrons. The van der Waals surface area contributed by atoms with E-state index in [0.717, 1.165) is 29.9 Å². The van der Waals surface area contributed by atoms with Crippen LogP contribution in [-0.4, -0.2) is 38.6 Å². The monoisotopic (exact) mass is 370 g/mol. The third-order valence-corrected chi connectivity index (χ3v) is 4.93. The van der Waals surface area contributed by atoms with Gasteiger partial charge in [-0.05, 0) is 55.7 Å². The van der Waals surface area contributed by atoms with Crippen LogP contribution < -0.4 is 4.74 Å². The van der Waals surface area contributed by atoms with E-state index in [1.807, 2.05) is 46.7 Å². The van der Waals surface area contributed by atoms with Gasteiger partial charge >= 0.3 is 0 Å². The second kappa shape index (κ2) is 6.96. The van der Waals surface area contributed by atoms with Crippen molar-refractivity contribution in [2.45, 2.75) is 25.8 Å². The number of halogens is 1. The summed E-state index contributed by atoms with van der Waals surface area (Å²) in [6.07, 6.45) is 3.75. The van der Waals surface area contributed by atoms with Crippen molar-refractivity contribution in [1.82, 2.24) is 19.5 Å². The van der Waals surface area contributed by atoms with Gasteiger partial charge < -0.3 is 9.64 Å².